The van der Waals surface area contributed by atoms with Crippen LogP contribution < -0.4 is 9.04 Å². The molecule has 0 aliphatic rings. The minimum Gasteiger partial charge on any atom is -0.495 e. The molecule has 0 unspecified atom stereocenters. The van der Waals surface area contributed by atoms with E-state index in [1.165, 1.54) is 32.5 Å². The maximum atomic E-state index is 12.7. The van der Waals surface area contributed by atoms with Gasteiger partial charge in [-0.05, 0) is 24.3 Å². The molecule has 0 N–H and O–H groups in total. The molecular formula is C14H13N3O3S. The normalized spacial score (nSPS) is 10.7. The number of pyridine rings is 1. The summed E-state index contributed by atoms with van der Waals surface area (Å²) in [6, 6.07) is 11.4. The van der Waals surface area contributed by atoms with E-state index in [-0.39, 0.29) is 10.6 Å². The van der Waals surface area contributed by atoms with E-state index >= 15 is 0 Å². The first kappa shape index (κ1) is 14.8. The number of sulfonamides is 1. The molecule has 0 atom stereocenters. The van der Waals surface area contributed by atoms with E-state index in [9.17, 15) is 8.42 Å². The average Bonchev–Trinajstić information content (AvgIpc) is 2.53. The lowest BCUT2D eigenvalue weighted by atomic mass is 10.3. The summed E-state index contributed by atoms with van der Waals surface area (Å²) in [7, 11) is -1.03. The molecule has 0 bridgehead atoms. The van der Waals surface area contributed by atoms with Crippen molar-refractivity contribution < 1.29 is 13.2 Å². The molecular weight excluding hydrogens is 290 g/mol. The van der Waals surface area contributed by atoms with Crippen LogP contribution in [0.15, 0.2) is 47.5 Å². The number of para-hydroxylation sites is 2. The van der Waals surface area contributed by atoms with Crippen LogP contribution in [0.2, 0.25) is 0 Å². The number of nitrogens with zero attached hydrogens (tertiary/aromatic N) is 3. The van der Waals surface area contributed by atoms with Gasteiger partial charge in [0.05, 0.1) is 12.8 Å². The number of benzene rings is 1. The summed E-state index contributed by atoms with van der Waals surface area (Å²) in [6.07, 6.45) is 1.38. The molecule has 0 saturated carbocycles. The predicted molar refractivity (Wildman–Crippen MR) is 77.5 cm³/mol. The topological polar surface area (TPSA) is 83.3 Å². The molecule has 6 nitrogen and oxygen atoms in total. The Kier molecular flexibility index (Phi) is 4.10. The third-order valence-electron chi connectivity index (χ3n) is 2.94. The number of methoxy groups -OCH3 is 1. The highest BCUT2D eigenvalue weighted by Crippen LogP contribution is 2.31. The van der Waals surface area contributed by atoms with Crippen LogP contribution in [0, 0.1) is 11.3 Å². The summed E-state index contributed by atoms with van der Waals surface area (Å²) < 4.78 is 31.6. The number of hydrogen-bond donors (Lipinski definition) is 0. The Bertz CT molecular complexity index is 797. The zero-order chi connectivity index (χ0) is 15.5. The summed E-state index contributed by atoms with van der Waals surface area (Å²) >= 11 is 0. The molecule has 0 aliphatic carbocycles. The van der Waals surface area contributed by atoms with Gasteiger partial charge in [-0.3, -0.25) is 4.31 Å². The minimum absolute atomic E-state index is 0.138. The first-order valence-electron chi connectivity index (χ1n) is 5.99. The zero-order valence-electron chi connectivity index (χ0n) is 11.5. The largest absolute Gasteiger partial charge is 0.495 e. The number of ether oxygens (including phenoxy) is 1. The molecule has 21 heavy (non-hydrogen) atoms. The molecule has 0 fully saturated rings. The van der Waals surface area contributed by atoms with E-state index in [4.69, 9.17) is 10.00 Å². The lowest BCUT2D eigenvalue weighted by molar-refractivity contribution is 0.416. The Hall–Kier alpha value is -2.59. The summed E-state index contributed by atoms with van der Waals surface area (Å²) in [6.45, 7) is 0. The van der Waals surface area contributed by atoms with Crippen molar-refractivity contribution in [1.82, 2.24) is 4.98 Å². The Morgan fingerprint density at radius 1 is 1.24 bits per heavy atom. The molecule has 0 radical (unpaired) electrons. The minimum atomic E-state index is -3.90. The van der Waals surface area contributed by atoms with Crippen LogP contribution in [0.3, 0.4) is 0 Å². The van der Waals surface area contributed by atoms with Crippen LogP contribution in [0.5, 0.6) is 5.75 Å². The van der Waals surface area contributed by atoms with Gasteiger partial charge in [-0.25, -0.2) is 13.4 Å². The number of aromatic nitrogens is 1. The quantitative estimate of drug-likeness (QED) is 0.859. The molecule has 1 aromatic heterocycles. The van der Waals surface area contributed by atoms with E-state index in [2.05, 4.69) is 4.98 Å². The van der Waals surface area contributed by atoms with Gasteiger partial charge in [0.15, 0.2) is 5.69 Å². The molecule has 1 heterocycles. The summed E-state index contributed by atoms with van der Waals surface area (Å²) in [4.78, 5) is 3.65. The van der Waals surface area contributed by atoms with Crippen molar-refractivity contribution in [2.45, 2.75) is 4.90 Å². The number of hydrogen-bond acceptors (Lipinski definition) is 5. The first-order valence-corrected chi connectivity index (χ1v) is 7.43. The van der Waals surface area contributed by atoms with Crippen molar-refractivity contribution in [1.29, 1.82) is 5.26 Å². The highest BCUT2D eigenvalue weighted by molar-refractivity contribution is 7.92. The molecule has 2 aromatic rings. The van der Waals surface area contributed by atoms with Gasteiger partial charge in [0, 0.05) is 13.2 Å². The van der Waals surface area contributed by atoms with E-state index in [0.717, 1.165) is 4.31 Å². The van der Waals surface area contributed by atoms with Gasteiger partial charge in [-0.2, -0.15) is 5.26 Å². The second-order valence-electron chi connectivity index (χ2n) is 4.11. The van der Waals surface area contributed by atoms with E-state index in [1.54, 1.807) is 30.3 Å². The highest BCUT2D eigenvalue weighted by Gasteiger charge is 2.26. The third-order valence-corrected chi connectivity index (χ3v) is 4.74. The molecule has 0 amide bonds. The fraction of sp³-hybridized carbons (Fsp3) is 0.143. The Labute approximate surface area is 123 Å². The fourth-order valence-corrected chi connectivity index (χ4v) is 3.15. The van der Waals surface area contributed by atoms with E-state index < -0.39 is 10.0 Å². The molecule has 0 aliphatic heterocycles. The maximum Gasteiger partial charge on any atom is 0.267 e. The molecule has 1 aromatic carbocycles. The summed E-state index contributed by atoms with van der Waals surface area (Å²) in [5.74, 6) is 0.422. The number of nitriles is 1. The smallest absolute Gasteiger partial charge is 0.267 e. The van der Waals surface area contributed by atoms with Gasteiger partial charge < -0.3 is 4.74 Å². The van der Waals surface area contributed by atoms with Gasteiger partial charge in [0.2, 0.25) is 0 Å². The molecule has 7 heteroatoms. The highest BCUT2D eigenvalue weighted by atomic mass is 32.2. The lowest BCUT2D eigenvalue weighted by Gasteiger charge is -2.21. The Morgan fingerprint density at radius 2 is 1.95 bits per heavy atom. The molecule has 0 spiro atoms. The zero-order valence-corrected chi connectivity index (χ0v) is 12.3. The Balaban J connectivity index is 2.56. The monoisotopic (exact) mass is 303 g/mol. The second-order valence-corrected chi connectivity index (χ2v) is 6.04. The molecule has 108 valence electrons. The van der Waals surface area contributed by atoms with Crippen molar-refractivity contribution in [2.24, 2.45) is 0 Å². The number of rotatable bonds is 4. The second kappa shape index (κ2) is 5.81. The van der Waals surface area contributed by atoms with Gasteiger partial charge in [0.1, 0.15) is 16.7 Å². The van der Waals surface area contributed by atoms with Crippen molar-refractivity contribution in [3.63, 3.8) is 0 Å². The van der Waals surface area contributed by atoms with E-state index in [1.807, 2.05) is 0 Å². The van der Waals surface area contributed by atoms with Gasteiger partial charge in [-0.1, -0.05) is 12.1 Å². The standard InChI is InChI=1S/C14H13N3O3S/c1-17(12-6-3-4-7-13(12)20-2)21(18,19)14-8-5-9-16-11(14)10-15/h3-9H,1-2H3. The van der Waals surface area contributed by atoms with Gasteiger partial charge in [0.25, 0.3) is 10.0 Å². The third kappa shape index (κ3) is 2.66. The molecule has 0 saturated heterocycles. The predicted octanol–water partition coefficient (Wildman–Crippen LogP) is 1.79. The van der Waals surface area contributed by atoms with Crippen molar-refractivity contribution in [3.05, 3.63) is 48.3 Å². The SMILES string of the molecule is COc1ccccc1N(C)S(=O)(=O)c1cccnc1C#N. The van der Waals surface area contributed by atoms with Crippen molar-refractivity contribution in [2.75, 3.05) is 18.5 Å². The van der Waals surface area contributed by atoms with Crippen LogP contribution in [0.25, 0.3) is 0 Å². The van der Waals surface area contributed by atoms with E-state index in [0.29, 0.717) is 11.4 Å². The van der Waals surface area contributed by atoms with Crippen LogP contribution in [-0.4, -0.2) is 27.6 Å². The average molecular weight is 303 g/mol. The lowest BCUT2D eigenvalue weighted by Crippen LogP contribution is -2.27. The van der Waals surface area contributed by atoms with Crippen molar-refractivity contribution >= 4 is 15.7 Å². The maximum absolute atomic E-state index is 12.7. The molecule has 2 rings (SSSR count). The summed E-state index contributed by atoms with van der Waals surface area (Å²) in [5, 5.41) is 9.01. The van der Waals surface area contributed by atoms with Crippen LogP contribution in [0.4, 0.5) is 5.69 Å². The van der Waals surface area contributed by atoms with Gasteiger partial charge >= 0.3 is 0 Å². The van der Waals surface area contributed by atoms with Crippen LogP contribution in [0.1, 0.15) is 5.69 Å². The first-order chi connectivity index (χ1) is 10.0. The Morgan fingerprint density at radius 3 is 2.62 bits per heavy atom. The van der Waals surface area contributed by atoms with Crippen molar-refractivity contribution in [3.8, 4) is 11.8 Å². The fourth-order valence-electron chi connectivity index (χ4n) is 1.85. The van der Waals surface area contributed by atoms with Crippen LogP contribution >= 0.6 is 0 Å². The summed E-state index contributed by atoms with van der Waals surface area (Å²) in [5.41, 5.74) is 0.243. The van der Waals surface area contributed by atoms with Gasteiger partial charge in [-0.15, -0.1) is 0 Å². The van der Waals surface area contributed by atoms with Crippen LogP contribution in [-0.2, 0) is 10.0 Å². The number of anilines is 1.